The Labute approximate surface area is 280 Å². The highest BCUT2D eigenvalue weighted by Gasteiger charge is 2.25. The first kappa shape index (κ1) is 50.7. The molecule has 0 aromatic carbocycles. The molecule has 0 rings (SSSR count). The number of quaternary nitrogens is 2. The summed E-state index contributed by atoms with van der Waals surface area (Å²) in [4.78, 5) is 0. The average molecular weight is 633 g/mol. The molecule has 272 valence electrons. The second-order valence-corrected chi connectivity index (χ2v) is 14.2. The Bertz CT molecular complexity index is 389. The zero-order chi connectivity index (χ0) is 33.1. The van der Waals surface area contributed by atoms with Crippen LogP contribution in [0.3, 0.4) is 0 Å². The van der Waals surface area contributed by atoms with Gasteiger partial charge in [-0.05, 0) is 57.3 Å². The average Bonchev–Trinajstić information content (AvgIpc) is 3.02. The maximum absolute atomic E-state index is 9.97. The zero-order valence-corrected chi connectivity index (χ0v) is 32.8. The molecule has 0 saturated carbocycles. The van der Waals surface area contributed by atoms with E-state index in [1.54, 1.807) is 0 Å². The van der Waals surface area contributed by atoms with Crippen molar-refractivity contribution in [3.8, 4) is 0 Å². The second kappa shape index (κ2) is 39.0. The first-order valence-corrected chi connectivity index (χ1v) is 20.0. The van der Waals surface area contributed by atoms with Crippen LogP contribution in [0.1, 0.15) is 198 Å². The smallest absolute Gasteiger partial charge is 0.0786 e. The molecule has 0 unspecified atom stereocenters. The molecule has 4 heteroatoms. The zero-order valence-electron chi connectivity index (χ0n) is 32.8. The van der Waals surface area contributed by atoms with Gasteiger partial charge in [0.05, 0.1) is 52.4 Å². The van der Waals surface area contributed by atoms with Crippen molar-refractivity contribution >= 4 is 0 Å². The molecule has 0 aromatic heterocycles. The van der Waals surface area contributed by atoms with Gasteiger partial charge in [0, 0.05) is 0 Å². The van der Waals surface area contributed by atoms with Gasteiger partial charge >= 0.3 is 0 Å². The number of nitrogens with zero attached hydrogens (tertiary/aromatic N) is 2. The topological polar surface area (TPSA) is 23.1 Å². The normalized spacial score (nSPS) is 11.5. The molecule has 0 saturated heterocycles. The lowest BCUT2D eigenvalue weighted by atomic mass is 10.1. The van der Waals surface area contributed by atoms with Crippen LogP contribution in [0.15, 0.2) is 0 Å². The van der Waals surface area contributed by atoms with E-state index in [4.69, 9.17) is 0 Å². The Morgan fingerprint density at radius 3 is 0.750 bits per heavy atom. The third-order valence-corrected chi connectivity index (χ3v) is 9.31. The van der Waals surface area contributed by atoms with Crippen LogP contribution in [-0.2, 0) is 0 Å². The van der Waals surface area contributed by atoms with Crippen molar-refractivity contribution in [3.05, 3.63) is 0 Å². The fourth-order valence-corrected chi connectivity index (χ4v) is 6.12. The number of hydrogen-bond acceptors (Lipinski definition) is 1. The highest BCUT2D eigenvalue weighted by Crippen LogP contribution is 2.17. The number of halogens is 1. The number of hydrogen-bond donors (Lipinski definition) is 0. The van der Waals surface area contributed by atoms with Gasteiger partial charge in [-0.1, -0.05) is 146 Å². The molecular weight excluding hydrogens is 543 g/mol. The third kappa shape index (κ3) is 33.2. The second-order valence-electron chi connectivity index (χ2n) is 14.2. The molecule has 0 aliphatic rings. The van der Waals surface area contributed by atoms with E-state index in [1.165, 1.54) is 177 Å². The summed E-state index contributed by atoms with van der Waals surface area (Å²) in [5, 5.41) is 9.97. The summed E-state index contributed by atoms with van der Waals surface area (Å²) >= 11 is 0. The highest BCUT2D eigenvalue weighted by molar-refractivity contribution is 4.51. The Balaban J connectivity index is -0.000000283. The minimum atomic E-state index is 0. The first-order valence-electron chi connectivity index (χ1n) is 20.0. The minimum absolute atomic E-state index is 0. The molecule has 0 atom stereocenters. The van der Waals surface area contributed by atoms with Crippen LogP contribution >= 0.6 is 0 Å². The molecule has 0 N–H and O–H groups in total. The summed E-state index contributed by atoms with van der Waals surface area (Å²) in [5.74, 6) is 0.802. The quantitative estimate of drug-likeness (QED) is 0.0598. The maximum Gasteiger partial charge on any atom is 0.0786 e. The highest BCUT2D eigenvalue weighted by atomic mass is 19.0. The van der Waals surface area contributed by atoms with Crippen molar-refractivity contribution in [2.45, 2.75) is 198 Å². The number of unbranched alkanes of at least 4 members (excludes halogenated alkanes) is 10. The van der Waals surface area contributed by atoms with Crippen LogP contribution in [-0.4, -0.2) is 67.9 Å². The largest absolute Gasteiger partial charge is 1.00 e. The third-order valence-electron chi connectivity index (χ3n) is 9.31. The summed E-state index contributed by atoms with van der Waals surface area (Å²) < 4.78 is 2.84. The van der Waals surface area contributed by atoms with E-state index in [0.717, 1.165) is 18.8 Å². The van der Waals surface area contributed by atoms with Crippen LogP contribution < -0.4 is 9.81 Å². The SMILES string of the molecule is CC(C)CCCCC[O-].CCCC[N+](CCCC)(CCCC)CCCC.CCCC[N+](CCCC)(CCCC)CCCC.[F-]. The summed E-state index contributed by atoms with van der Waals surface area (Å²) in [7, 11) is 0. The van der Waals surface area contributed by atoms with Crippen LogP contribution in [0.25, 0.3) is 0 Å². The molecule has 0 fully saturated rings. The van der Waals surface area contributed by atoms with E-state index in [1.807, 2.05) is 0 Å². The maximum atomic E-state index is 9.97. The van der Waals surface area contributed by atoms with Gasteiger partial charge in [-0.2, -0.15) is 0 Å². The summed E-state index contributed by atoms with van der Waals surface area (Å²) in [6.07, 6.45) is 26.6. The summed E-state index contributed by atoms with van der Waals surface area (Å²) in [5.41, 5.74) is 0. The van der Waals surface area contributed by atoms with Gasteiger partial charge in [-0.25, -0.2) is 0 Å². The van der Waals surface area contributed by atoms with Crippen LogP contribution in [0.4, 0.5) is 0 Å². The molecule has 0 aromatic rings. The van der Waals surface area contributed by atoms with Crippen molar-refractivity contribution in [1.82, 2.24) is 0 Å². The van der Waals surface area contributed by atoms with E-state index in [2.05, 4.69) is 69.2 Å². The monoisotopic (exact) mass is 633 g/mol. The van der Waals surface area contributed by atoms with Gasteiger partial charge in [0.2, 0.25) is 0 Å². The van der Waals surface area contributed by atoms with E-state index < -0.39 is 0 Å². The lowest BCUT2D eigenvalue weighted by molar-refractivity contribution is -0.929. The van der Waals surface area contributed by atoms with Gasteiger partial charge in [-0.3, -0.25) is 0 Å². The lowest BCUT2D eigenvalue weighted by Crippen LogP contribution is -3.00. The van der Waals surface area contributed by atoms with Crippen molar-refractivity contribution in [2.24, 2.45) is 5.92 Å². The molecule has 0 heterocycles. The molecule has 0 amide bonds. The predicted octanol–water partition coefficient (Wildman–Crippen LogP) is 8.57. The molecule has 0 aliphatic heterocycles. The lowest BCUT2D eigenvalue weighted by Gasteiger charge is -2.39. The van der Waals surface area contributed by atoms with Crippen molar-refractivity contribution < 1.29 is 18.8 Å². The first-order chi connectivity index (χ1) is 20.8. The van der Waals surface area contributed by atoms with E-state index in [-0.39, 0.29) is 11.3 Å². The van der Waals surface area contributed by atoms with Crippen LogP contribution in [0, 0.1) is 5.92 Å². The molecule has 0 aliphatic carbocycles. The van der Waals surface area contributed by atoms with E-state index in [9.17, 15) is 5.11 Å². The molecular formula is C40H89FN2O. The van der Waals surface area contributed by atoms with E-state index in [0.29, 0.717) is 0 Å². The van der Waals surface area contributed by atoms with Crippen molar-refractivity contribution in [1.29, 1.82) is 0 Å². The molecule has 0 radical (unpaired) electrons. The van der Waals surface area contributed by atoms with Crippen molar-refractivity contribution in [2.75, 3.05) is 59.0 Å². The fourth-order valence-electron chi connectivity index (χ4n) is 6.12. The summed E-state index contributed by atoms with van der Waals surface area (Å²) in [6, 6.07) is 0. The Hall–Kier alpha value is -0.190. The van der Waals surface area contributed by atoms with Crippen LogP contribution in [0.2, 0.25) is 0 Å². The van der Waals surface area contributed by atoms with Gasteiger partial charge in [-0.15, -0.1) is 6.61 Å². The molecule has 0 spiro atoms. The Morgan fingerprint density at radius 2 is 0.591 bits per heavy atom. The minimum Gasteiger partial charge on any atom is -1.00 e. The van der Waals surface area contributed by atoms with Crippen molar-refractivity contribution in [3.63, 3.8) is 0 Å². The standard InChI is InChI=1S/2C16H36N.C8H17O.FH/c2*1-5-9-13-17(14-10-6-2,15-11-7-3)16-12-8-4;1-8(2)6-4-3-5-7-9;/h2*5-16H2,1-4H3;8H,3-7H2,1-2H3;1H/q2*+1;-1;/p-1. The van der Waals surface area contributed by atoms with Gasteiger partial charge in [0.25, 0.3) is 0 Å². The van der Waals surface area contributed by atoms with Gasteiger partial charge in [0.15, 0.2) is 0 Å². The Kier molecular flexibility index (Phi) is 44.9. The summed E-state index contributed by atoms with van der Waals surface area (Å²) in [6.45, 7) is 34.6. The predicted molar refractivity (Wildman–Crippen MR) is 197 cm³/mol. The van der Waals surface area contributed by atoms with Gasteiger partial charge < -0.3 is 18.8 Å². The number of rotatable bonds is 29. The molecule has 44 heavy (non-hydrogen) atoms. The molecule has 3 nitrogen and oxygen atoms in total. The van der Waals surface area contributed by atoms with Crippen LogP contribution in [0.5, 0.6) is 0 Å². The van der Waals surface area contributed by atoms with Gasteiger partial charge in [0.1, 0.15) is 0 Å². The fraction of sp³-hybridized carbons (Fsp3) is 1.00. The Morgan fingerprint density at radius 1 is 0.364 bits per heavy atom. The molecule has 0 bridgehead atoms. The van der Waals surface area contributed by atoms with E-state index >= 15 is 0 Å².